The number of epoxide rings is 1. The van der Waals surface area contributed by atoms with Crippen molar-refractivity contribution >= 4 is 0 Å². The molecule has 2 aliphatic rings. The molecule has 1 saturated heterocycles. The molecule has 2 rings (SSSR count). The molecule has 1 fully saturated rings. The van der Waals surface area contributed by atoms with E-state index in [4.69, 9.17) is 4.74 Å². The van der Waals surface area contributed by atoms with Crippen LogP contribution in [0.3, 0.4) is 0 Å². The number of hydrogen-bond donors (Lipinski definition) is 1. The largest absolute Gasteiger partial charge is 0.479 e. The molecule has 1 unspecified atom stereocenters. The average molecular weight is 83.1 g/mol. The van der Waals surface area contributed by atoms with Gasteiger partial charge in [0.1, 0.15) is 0 Å². The van der Waals surface area contributed by atoms with E-state index in [1.54, 1.807) is 0 Å². The van der Waals surface area contributed by atoms with Gasteiger partial charge in [-0.1, -0.05) is 0 Å². The Balaban J connectivity index is 2.35. The first-order valence-electron chi connectivity index (χ1n) is 2.07. The van der Waals surface area contributed by atoms with Crippen molar-refractivity contribution in [2.75, 3.05) is 6.54 Å². The summed E-state index contributed by atoms with van der Waals surface area (Å²) in [6.45, 7) is 0.995. The zero-order valence-electron chi connectivity index (χ0n) is 3.27. The SMILES string of the molecule is C1=C2OC2CN1. The monoisotopic (exact) mass is 83.0 g/mol. The molecule has 1 N–H and O–H groups in total. The highest BCUT2D eigenvalue weighted by atomic mass is 16.6. The van der Waals surface area contributed by atoms with E-state index < -0.39 is 0 Å². The third kappa shape index (κ3) is 0.142. The molecule has 0 spiro atoms. The summed E-state index contributed by atoms with van der Waals surface area (Å²) in [6, 6.07) is 0. The van der Waals surface area contributed by atoms with Crippen molar-refractivity contribution in [3.8, 4) is 0 Å². The zero-order chi connectivity index (χ0) is 3.98. The average Bonchev–Trinajstić information content (AvgIpc) is 2.17. The van der Waals surface area contributed by atoms with E-state index in [9.17, 15) is 0 Å². The summed E-state index contributed by atoms with van der Waals surface area (Å²) < 4.78 is 4.95. The first kappa shape index (κ1) is 2.50. The van der Waals surface area contributed by atoms with Gasteiger partial charge in [-0.3, -0.25) is 0 Å². The third-order valence-corrected chi connectivity index (χ3v) is 1.09. The van der Waals surface area contributed by atoms with Crippen LogP contribution in [0.1, 0.15) is 0 Å². The molecular formula is C4H5NO. The number of fused-ring (bicyclic) bond motifs is 1. The molecule has 2 aliphatic heterocycles. The van der Waals surface area contributed by atoms with Gasteiger partial charge in [0.15, 0.2) is 11.9 Å². The van der Waals surface area contributed by atoms with Crippen LogP contribution in [0.15, 0.2) is 12.0 Å². The van der Waals surface area contributed by atoms with Crippen molar-refractivity contribution in [2.45, 2.75) is 6.10 Å². The maximum atomic E-state index is 4.95. The lowest BCUT2D eigenvalue weighted by Crippen LogP contribution is -2.06. The van der Waals surface area contributed by atoms with Crippen molar-refractivity contribution in [3.63, 3.8) is 0 Å². The van der Waals surface area contributed by atoms with Crippen LogP contribution >= 0.6 is 0 Å². The smallest absolute Gasteiger partial charge is 0.174 e. The molecule has 0 aromatic heterocycles. The first-order valence-corrected chi connectivity index (χ1v) is 2.07. The predicted octanol–water partition coefficient (Wildman–Crippen LogP) is -0.170. The highest BCUT2D eigenvalue weighted by Crippen LogP contribution is 2.28. The summed E-state index contributed by atoms with van der Waals surface area (Å²) in [5.41, 5.74) is 0. The molecule has 0 radical (unpaired) electrons. The molecule has 6 heavy (non-hydrogen) atoms. The third-order valence-electron chi connectivity index (χ3n) is 1.09. The molecular weight excluding hydrogens is 78.0 g/mol. The van der Waals surface area contributed by atoms with Crippen molar-refractivity contribution in [2.24, 2.45) is 0 Å². The number of rotatable bonds is 0. The van der Waals surface area contributed by atoms with E-state index in [0.29, 0.717) is 6.10 Å². The van der Waals surface area contributed by atoms with Crippen LogP contribution in [-0.2, 0) is 4.74 Å². The maximum absolute atomic E-state index is 4.95. The Hall–Kier alpha value is -0.660. The minimum absolute atomic E-state index is 0.463. The molecule has 1 atom stereocenters. The van der Waals surface area contributed by atoms with Crippen molar-refractivity contribution < 1.29 is 4.74 Å². The second-order valence-corrected chi connectivity index (χ2v) is 1.56. The van der Waals surface area contributed by atoms with Gasteiger partial charge in [0.05, 0.1) is 6.54 Å². The van der Waals surface area contributed by atoms with Crippen molar-refractivity contribution in [3.05, 3.63) is 12.0 Å². The normalized spacial score (nSPS) is 36.0. The quantitative estimate of drug-likeness (QED) is 0.411. The molecule has 2 heteroatoms. The van der Waals surface area contributed by atoms with Crippen molar-refractivity contribution in [1.82, 2.24) is 5.32 Å². The summed E-state index contributed by atoms with van der Waals surface area (Å²) in [7, 11) is 0. The van der Waals surface area contributed by atoms with Gasteiger partial charge >= 0.3 is 0 Å². The van der Waals surface area contributed by atoms with Gasteiger partial charge in [0.25, 0.3) is 0 Å². The molecule has 0 amide bonds. The molecule has 0 aromatic rings. The Morgan fingerprint density at radius 1 is 2.00 bits per heavy atom. The second-order valence-electron chi connectivity index (χ2n) is 1.56. The Kier molecular flexibility index (Phi) is 0.231. The minimum Gasteiger partial charge on any atom is -0.479 e. The van der Waals surface area contributed by atoms with E-state index in [0.717, 1.165) is 12.3 Å². The lowest BCUT2D eigenvalue weighted by atomic mass is 10.5. The van der Waals surface area contributed by atoms with Gasteiger partial charge in [0.2, 0.25) is 0 Å². The van der Waals surface area contributed by atoms with Crippen LogP contribution in [0.4, 0.5) is 0 Å². The maximum Gasteiger partial charge on any atom is 0.174 e. The van der Waals surface area contributed by atoms with Crippen LogP contribution in [-0.4, -0.2) is 12.6 Å². The Bertz CT molecular complexity index is 108. The fourth-order valence-electron chi connectivity index (χ4n) is 0.666. The lowest BCUT2D eigenvalue weighted by molar-refractivity contribution is 0.410. The topological polar surface area (TPSA) is 24.6 Å². The van der Waals surface area contributed by atoms with Gasteiger partial charge in [-0.05, 0) is 0 Å². The first-order chi connectivity index (χ1) is 2.97. The minimum atomic E-state index is 0.463. The van der Waals surface area contributed by atoms with Gasteiger partial charge in [-0.25, -0.2) is 0 Å². The van der Waals surface area contributed by atoms with Crippen LogP contribution in [0.2, 0.25) is 0 Å². The molecule has 32 valence electrons. The van der Waals surface area contributed by atoms with E-state index >= 15 is 0 Å². The van der Waals surface area contributed by atoms with E-state index in [1.165, 1.54) is 0 Å². The van der Waals surface area contributed by atoms with Crippen molar-refractivity contribution in [1.29, 1.82) is 0 Å². The fraction of sp³-hybridized carbons (Fsp3) is 0.500. The summed E-state index contributed by atoms with van der Waals surface area (Å²) in [5, 5.41) is 3.03. The molecule has 0 aliphatic carbocycles. The number of hydrogen-bond acceptors (Lipinski definition) is 2. The summed E-state index contributed by atoms with van der Waals surface area (Å²) in [5.74, 6) is 1.13. The van der Waals surface area contributed by atoms with Gasteiger partial charge in [0, 0.05) is 6.20 Å². The second kappa shape index (κ2) is 0.555. The lowest BCUT2D eigenvalue weighted by Gasteiger charge is -1.84. The molecule has 0 aromatic carbocycles. The molecule has 2 heterocycles. The summed E-state index contributed by atoms with van der Waals surface area (Å²) in [4.78, 5) is 0. The summed E-state index contributed by atoms with van der Waals surface area (Å²) in [6.07, 6.45) is 2.38. The zero-order valence-corrected chi connectivity index (χ0v) is 3.27. The summed E-state index contributed by atoms with van der Waals surface area (Å²) >= 11 is 0. The van der Waals surface area contributed by atoms with Crippen LogP contribution in [0, 0.1) is 0 Å². The van der Waals surface area contributed by atoms with Crippen LogP contribution < -0.4 is 5.32 Å². The fourth-order valence-corrected chi connectivity index (χ4v) is 0.666. The van der Waals surface area contributed by atoms with Gasteiger partial charge in [-0.2, -0.15) is 0 Å². The van der Waals surface area contributed by atoms with E-state index in [1.807, 2.05) is 6.20 Å². The Morgan fingerprint density at radius 3 is 3.17 bits per heavy atom. The molecule has 0 bridgehead atoms. The Labute approximate surface area is 35.8 Å². The highest BCUT2D eigenvalue weighted by molar-refractivity contribution is 5.18. The predicted molar refractivity (Wildman–Crippen MR) is 21.0 cm³/mol. The molecule has 0 saturated carbocycles. The highest BCUT2D eigenvalue weighted by Gasteiger charge is 2.35. The number of nitrogens with one attached hydrogen (secondary N) is 1. The number of ether oxygens (including phenoxy) is 1. The standard InChI is InChI=1S/C4H5NO/c1-3-4(6-3)2-5-1/h1,4-5H,2H2. The molecule has 2 nitrogen and oxygen atoms in total. The van der Waals surface area contributed by atoms with E-state index in [-0.39, 0.29) is 0 Å². The van der Waals surface area contributed by atoms with Gasteiger partial charge in [-0.15, -0.1) is 0 Å². The van der Waals surface area contributed by atoms with Crippen LogP contribution in [0.25, 0.3) is 0 Å². The van der Waals surface area contributed by atoms with E-state index in [2.05, 4.69) is 5.32 Å². The van der Waals surface area contributed by atoms with Crippen LogP contribution in [0.5, 0.6) is 0 Å². The Morgan fingerprint density at radius 2 is 3.00 bits per heavy atom. The van der Waals surface area contributed by atoms with Gasteiger partial charge < -0.3 is 10.1 Å².